The number of aromatic nitrogens is 2. The highest BCUT2D eigenvalue weighted by atomic mass is 16.4. The van der Waals surface area contributed by atoms with E-state index in [9.17, 15) is 4.79 Å². The molecular weight excluding hydrogens is 210 g/mol. The van der Waals surface area contributed by atoms with Crippen molar-refractivity contribution >= 4 is 11.8 Å². The van der Waals surface area contributed by atoms with Gasteiger partial charge in [0.2, 0.25) is 0 Å². The van der Waals surface area contributed by atoms with Crippen LogP contribution >= 0.6 is 0 Å². The van der Waals surface area contributed by atoms with Crippen molar-refractivity contribution in [3.8, 4) is 0 Å². The van der Waals surface area contributed by atoms with E-state index in [0.717, 1.165) is 0 Å². The van der Waals surface area contributed by atoms with Gasteiger partial charge < -0.3 is 15.1 Å². The minimum Gasteiger partial charge on any atom is -0.476 e. The second-order valence-corrected chi connectivity index (χ2v) is 2.99. The Balaban J connectivity index is 3.06. The SMILES string of the molecule is C=CCN(CCO)c1nccnc1C(=O)O. The molecule has 0 amide bonds. The van der Waals surface area contributed by atoms with Gasteiger partial charge in [-0.2, -0.15) is 0 Å². The summed E-state index contributed by atoms with van der Waals surface area (Å²) in [5.74, 6) is -0.904. The van der Waals surface area contributed by atoms with Gasteiger partial charge in [-0.05, 0) is 0 Å². The average molecular weight is 223 g/mol. The Bertz CT molecular complexity index is 381. The highest BCUT2D eigenvalue weighted by molar-refractivity contribution is 5.90. The summed E-state index contributed by atoms with van der Waals surface area (Å²) in [6.45, 7) is 4.16. The summed E-state index contributed by atoms with van der Waals surface area (Å²) in [7, 11) is 0. The first kappa shape index (κ1) is 12.1. The predicted octanol–water partition coefficient (Wildman–Crippen LogP) is 0.159. The average Bonchev–Trinajstić information content (AvgIpc) is 2.29. The van der Waals surface area contributed by atoms with Crippen molar-refractivity contribution in [1.82, 2.24) is 9.97 Å². The maximum atomic E-state index is 10.9. The fourth-order valence-corrected chi connectivity index (χ4v) is 1.27. The Morgan fingerprint density at radius 2 is 2.19 bits per heavy atom. The van der Waals surface area contributed by atoms with Crippen LogP contribution in [-0.4, -0.2) is 45.8 Å². The maximum absolute atomic E-state index is 10.9. The van der Waals surface area contributed by atoms with Crippen molar-refractivity contribution < 1.29 is 15.0 Å². The lowest BCUT2D eigenvalue weighted by Gasteiger charge is -2.21. The van der Waals surface area contributed by atoms with E-state index in [0.29, 0.717) is 6.54 Å². The molecule has 0 atom stereocenters. The van der Waals surface area contributed by atoms with Crippen LogP contribution in [0, 0.1) is 0 Å². The highest BCUT2D eigenvalue weighted by Crippen LogP contribution is 2.14. The fourth-order valence-electron chi connectivity index (χ4n) is 1.27. The van der Waals surface area contributed by atoms with Gasteiger partial charge in [0.05, 0.1) is 6.61 Å². The molecule has 0 bridgehead atoms. The van der Waals surface area contributed by atoms with E-state index in [1.54, 1.807) is 11.0 Å². The molecule has 0 spiro atoms. The molecule has 0 unspecified atom stereocenters. The second kappa shape index (κ2) is 5.82. The Kier molecular flexibility index (Phi) is 4.41. The molecule has 0 radical (unpaired) electrons. The molecule has 1 rings (SSSR count). The summed E-state index contributed by atoms with van der Waals surface area (Å²) in [4.78, 5) is 20.2. The molecule has 0 saturated carbocycles. The maximum Gasteiger partial charge on any atom is 0.358 e. The zero-order chi connectivity index (χ0) is 12.0. The third-order valence-corrected chi connectivity index (χ3v) is 1.90. The lowest BCUT2D eigenvalue weighted by molar-refractivity contribution is 0.0690. The van der Waals surface area contributed by atoms with E-state index in [2.05, 4.69) is 16.5 Å². The van der Waals surface area contributed by atoms with Gasteiger partial charge in [-0.3, -0.25) is 0 Å². The third kappa shape index (κ3) is 2.77. The smallest absolute Gasteiger partial charge is 0.358 e. The van der Waals surface area contributed by atoms with E-state index < -0.39 is 5.97 Å². The van der Waals surface area contributed by atoms with Gasteiger partial charge in [0, 0.05) is 25.5 Å². The first-order valence-electron chi connectivity index (χ1n) is 4.71. The second-order valence-electron chi connectivity index (χ2n) is 2.99. The number of carboxylic acid groups (broad SMARTS) is 1. The standard InChI is InChI=1S/C10H13N3O3/c1-2-5-13(6-7-14)9-8(10(15)16)11-3-4-12-9/h2-4,14H,1,5-7H2,(H,15,16). The molecule has 16 heavy (non-hydrogen) atoms. The van der Waals surface area contributed by atoms with Crippen molar-refractivity contribution in [2.24, 2.45) is 0 Å². The van der Waals surface area contributed by atoms with Crippen LogP contribution in [0.5, 0.6) is 0 Å². The van der Waals surface area contributed by atoms with Gasteiger partial charge in [0.1, 0.15) is 0 Å². The Morgan fingerprint density at radius 3 is 2.75 bits per heavy atom. The van der Waals surface area contributed by atoms with E-state index >= 15 is 0 Å². The summed E-state index contributed by atoms with van der Waals surface area (Å²) in [6, 6.07) is 0. The van der Waals surface area contributed by atoms with E-state index in [1.165, 1.54) is 12.4 Å². The number of nitrogens with zero attached hydrogens (tertiary/aromatic N) is 3. The molecule has 0 saturated heterocycles. The van der Waals surface area contributed by atoms with Gasteiger partial charge in [0.15, 0.2) is 11.5 Å². The predicted molar refractivity (Wildman–Crippen MR) is 58.5 cm³/mol. The Labute approximate surface area is 92.9 Å². The van der Waals surface area contributed by atoms with Crippen molar-refractivity contribution in [3.63, 3.8) is 0 Å². The molecule has 6 nitrogen and oxygen atoms in total. The van der Waals surface area contributed by atoms with Crippen LogP contribution in [-0.2, 0) is 0 Å². The monoisotopic (exact) mass is 223 g/mol. The summed E-state index contributed by atoms with van der Waals surface area (Å²) in [6.07, 6.45) is 4.34. The molecule has 1 aromatic heterocycles. The Morgan fingerprint density at radius 1 is 1.50 bits per heavy atom. The molecule has 0 aromatic carbocycles. The summed E-state index contributed by atoms with van der Waals surface area (Å²) in [5, 5.41) is 17.8. The number of carboxylic acids is 1. The number of carbonyl (C=O) groups is 1. The van der Waals surface area contributed by atoms with Gasteiger partial charge in [-0.15, -0.1) is 6.58 Å². The number of aromatic carboxylic acids is 1. The van der Waals surface area contributed by atoms with Crippen LogP contribution in [0.3, 0.4) is 0 Å². The molecule has 0 aliphatic rings. The quantitative estimate of drug-likeness (QED) is 0.668. The summed E-state index contributed by atoms with van der Waals surface area (Å²) in [5.41, 5.74) is -0.127. The number of rotatable bonds is 6. The van der Waals surface area contributed by atoms with Gasteiger partial charge >= 0.3 is 5.97 Å². The number of hydrogen-bond donors (Lipinski definition) is 2. The topological polar surface area (TPSA) is 86.5 Å². The number of aliphatic hydroxyl groups is 1. The van der Waals surface area contributed by atoms with E-state index in [1.807, 2.05) is 0 Å². The minimum absolute atomic E-state index is 0.0938. The van der Waals surface area contributed by atoms with E-state index in [4.69, 9.17) is 10.2 Å². The molecule has 2 N–H and O–H groups in total. The largest absolute Gasteiger partial charge is 0.476 e. The molecule has 0 aliphatic carbocycles. The molecule has 0 aliphatic heterocycles. The number of hydrogen-bond acceptors (Lipinski definition) is 5. The van der Waals surface area contributed by atoms with Crippen LogP contribution in [0.2, 0.25) is 0 Å². The van der Waals surface area contributed by atoms with Gasteiger partial charge in [0.25, 0.3) is 0 Å². The molecule has 1 heterocycles. The van der Waals surface area contributed by atoms with Crippen molar-refractivity contribution in [2.45, 2.75) is 0 Å². The van der Waals surface area contributed by atoms with Crippen molar-refractivity contribution in [1.29, 1.82) is 0 Å². The molecule has 6 heteroatoms. The molecular formula is C10H13N3O3. The highest BCUT2D eigenvalue weighted by Gasteiger charge is 2.17. The van der Waals surface area contributed by atoms with Crippen LogP contribution in [0.4, 0.5) is 5.82 Å². The minimum atomic E-state index is -1.14. The van der Waals surface area contributed by atoms with Gasteiger partial charge in [-0.25, -0.2) is 14.8 Å². The number of aliphatic hydroxyl groups excluding tert-OH is 1. The molecule has 1 aromatic rings. The van der Waals surface area contributed by atoms with Crippen molar-refractivity contribution in [3.05, 3.63) is 30.7 Å². The van der Waals surface area contributed by atoms with Crippen LogP contribution < -0.4 is 4.90 Å². The number of anilines is 1. The third-order valence-electron chi connectivity index (χ3n) is 1.90. The van der Waals surface area contributed by atoms with Gasteiger partial charge in [-0.1, -0.05) is 6.08 Å². The lowest BCUT2D eigenvalue weighted by Crippen LogP contribution is -2.29. The molecule has 86 valence electrons. The summed E-state index contributed by atoms with van der Waals surface area (Å²) >= 11 is 0. The van der Waals surface area contributed by atoms with E-state index in [-0.39, 0.29) is 24.7 Å². The van der Waals surface area contributed by atoms with Crippen LogP contribution in [0.1, 0.15) is 10.5 Å². The normalized spacial score (nSPS) is 9.81. The summed E-state index contributed by atoms with van der Waals surface area (Å²) < 4.78 is 0. The van der Waals surface area contributed by atoms with Crippen molar-refractivity contribution in [2.75, 3.05) is 24.6 Å². The van der Waals surface area contributed by atoms with Crippen LogP contribution in [0.15, 0.2) is 25.0 Å². The Hall–Kier alpha value is -1.95. The molecule has 0 fully saturated rings. The zero-order valence-electron chi connectivity index (χ0n) is 8.70. The first-order valence-corrected chi connectivity index (χ1v) is 4.71. The first-order chi connectivity index (χ1) is 7.70. The zero-order valence-corrected chi connectivity index (χ0v) is 8.70. The fraction of sp³-hybridized carbons (Fsp3) is 0.300. The van der Waals surface area contributed by atoms with Crippen LogP contribution in [0.25, 0.3) is 0 Å². The lowest BCUT2D eigenvalue weighted by atomic mass is 10.3.